The number of rotatable bonds is 9. The first-order valence-electron chi connectivity index (χ1n) is 6.54. The van der Waals surface area contributed by atoms with Gasteiger partial charge in [0.05, 0.1) is 0 Å². The zero-order chi connectivity index (χ0) is 14.0. The quantitative estimate of drug-likeness (QED) is 0.537. The largest absolute Gasteiger partial charge is 0.480 e. The lowest BCUT2D eigenvalue weighted by molar-refractivity contribution is -0.139. The molecular weight excluding hydrogens is 234 g/mol. The third-order valence-corrected chi connectivity index (χ3v) is 2.84. The number of nitrogens with one attached hydrogen (secondary N) is 2. The van der Waals surface area contributed by atoms with E-state index in [2.05, 4.69) is 29.4 Å². The van der Waals surface area contributed by atoms with E-state index in [1.54, 1.807) is 6.92 Å². The van der Waals surface area contributed by atoms with Crippen LogP contribution in [0.15, 0.2) is 0 Å². The standard InChI is InChI=1S/C12H25N3O3/c1-4-10(11(16)17)14-12(18)13-8-7-9-15(5-2)6-3/h10H,4-9H2,1-3H3,(H,16,17)(H2,13,14,18)/t10-/m0/s1. The number of hydrogen-bond donors (Lipinski definition) is 3. The highest BCUT2D eigenvalue weighted by atomic mass is 16.4. The minimum absolute atomic E-state index is 0.377. The van der Waals surface area contributed by atoms with Crippen LogP contribution in [0, 0.1) is 0 Å². The fourth-order valence-corrected chi connectivity index (χ4v) is 1.59. The van der Waals surface area contributed by atoms with Crippen LogP contribution >= 0.6 is 0 Å². The lowest BCUT2D eigenvalue weighted by Gasteiger charge is -2.18. The van der Waals surface area contributed by atoms with Crippen LogP contribution in [0.5, 0.6) is 0 Å². The van der Waals surface area contributed by atoms with Gasteiger partial charge in [0, 0.05) is 6.54 Å². The summed E-state index contributed by atoms with van der Waals surface area (Å²) in [5.74, 6) is -1.00. The number of carboxylic acid groups (broad SMARTS) is 1. The Morgan fingerprint density at radius 1 is 1.22 bits per heavy atom. The van der Waals surface area contributed by atoms with Crippen LogP contribution in [0.4, 0.5) is 4.79 Å². The molecule has 0 radical (unpaired) electrons. The van der Waals surface area contributed by atoms with Gasteiger partial charge in [0.1, 0.15) is 6.04 Å². The third kappa shape index (κ3) is 7.11. The number of amides is 2. The van der Waals surface area contributed by atoms with E-state index in [1.165, 1.54) is 0 Å². The second-order valence-corrected chi connectivity index (χ2v) is 4.08. The van der Waals surface area contributed by atoms with Crippen molar-refractivity contribution in [2.45, 2.75) is 39.7 Å². The van der Waals surface area contributed by atoms with E-state index in [-0.39, 0.29) is 0 Å². The van der Waals surface area contributed by atoms with Crippen LogP contribution in [0.25, 0.3) is 0 Å². The van der Waals surface area contributed by atoms with E-state index in [0.29, 0.717) is 13.0 Å². The van der Waals surface area contributed by atoms with Crippen LogP contribution < -0.4 is 10.6 Å². The summed E-state index contributed by atoms with van der Waals surface area (Å²) in [5, 5.41) is 13.9. The zero-order valence-corrected chi connectivity index (χ0v) is 11.5. The fourth-order valence-electron chi connectivity index (χ4n) is 1.59. The highest BCUT2D eigenvalue weighted by Gasteiger charge is 2.16. The first-order chi connectivity index (χ1) is 8.54. The number of carbonyl (C=O) groups is 2. The number of carboxylic acids is 1. The second-order valence-electron chi connectivity index (χ2n) is 4.08. The molecule has 0 unspecified atom stereocenters. The molecule has 0 saturated heterocycles. The Bertz CT molecular complexity index is 255. The van der Waals surface area contributed by atoms with Gasteiger partial charge in [-0.2, -0.15) is 0 Å². The minimum Gasteiger partial charge on any atom is -0.480 e. The Kier molecular flexibility index (Phi) is 9.00. The molecule has 0 aliphatic heterocycles. The molecule has 2 amide bonds. The average molecular weight is 259 g/mol. The Morgan fingerprint density at radius 3 is 2.28 bits per heavy atom. The van der Waals surface area contributed by atoms with Crippen LogP contribution in [0.3, 0.4) is 0 Å². The number of urea groups is 1. The van der Waals surface area contributed by atoms with E-state index in [4.69, 9.17) is 5.11 Å². The highest BCUT2D eigenvalue weighted by molar-refractivity contribution is 5.82. The van der Waals surface area contributed by atoms with Gasteiger partial charge in [0.15, 0.2) is 0 Å². The van der Waals surface area contributed by atoms with E-state index in [9.17, 15) is 9.59 Å². The maximum absolute atomic E-state index is 11.4. The molecule has 6 heteroatoms. The predicted molar refractivity (Wildman–Crippen MR) is 70.7 cm³/mol. The van der Waals surface area contributed by atoms with Crippen molar-refractivity contribution < 1.29 is 14.7 Å². The topological polar surface area (TPSA) is 81.7 Å². The molecule has 0 fully saturated rings. The summed E-state index contributed by atoms with van der Waals surface area (Å²) in [7, 11) is 0. The van der Waals surface area contributed by atoms with Crippen molar-refractivity contribution in [2.75, 3.05) is 26.2 Å². The molecule has 0 rings (SSSR count). The maximum Gasteiger partial charge on any atom is 0.326 e. The molecule has 18 heavy (non-hydrogen) atoms. The van der Waals surface area contributed by atoms with Crippen molar-refractivity contribution >= 4 is 12.0 Å². The zero-order valence-electron chi connectivity index (χ0n) is 11.5. The normalized spacial score (nSPS) is 12.2. The van der Waals surface area contributed by atoms with Crippen molar-refractivity contribution in [3.63, 3.8) is 0 Å². The van der Waals surface area contributed by atoms with Crippen LogP contribution in [-0.2, 0) is 4.79 Å². The molecule has 0 aromatic carbocycles. The van der Waals surface area contributed by atoms with E-state index in [0.717, 1.165) is 26.1 Å². The van der Waals surface area contributed by atoms with Crippen molar-refractivity contribution in [1.29, 1.82) is 0 Å². The summed E-state index contributed by atoms with van der Waals surface area (Å²) in [5.41, 5.74) is 0. The van der Waals surface area contributed by atoms with Crippen molar-refractivity contribution in [3.05, 3.63) is 0 Å². The summed E-state index contributed by atoms with van der Waals surface area (Å²) in [6, 6.07) is -1.23. The summed E-state index contributed by atoms with van der Waals surface area (Å²) < 4.78 is 0. The Morgan fingerprint density at radius 2 is 1.83 bits per heavy atom. The molecule has 0 heterocycles. The smallest absolute Gasteiger partial charge is 0.326 e. The molecule has 0 spiro atoms. The van der Waals surface area contributed by atoms with Gasteiger partial charge in [-0.3, -0.25) is 0 Å². The number of aliphatic carboxylic acids is 1. The summed E-state index contributed by atoms with van der Waals surface area (Å²) in [4.78, 5) is 24.4. The lowest BCUT2D eigenvalue weighted by Crippen LogP contribution is -2.46. The van der Waals surface area contributed by atoms with E-state index < -0.39 is 18.0 Å². The van der Waals surface area contributed by atoms with Crippen molar-refractivity contribution in [1.82, 2.24) is 15.5 Å². The van der Waals surface area contributed by atoms with Crippen LogP contribution in [0.1, 0.15) is 33.6 Å². The molecule has 0 bridgehead atoms. The SMILES string of the molecule is CC[C@H](NC(=O)NCCCN(CC)CC)C(=O)O. The highest BCUT2D eigenvalue weighted by Crippen LogP contribution is 1.91. The molecule has 0 aliphatic rings. The predicted octanol–water partition coefficient (Wildman–Crippen LogP) is 0.881. The first kappa shape index (κ1) is 16.7. The molecular formula is C12H25N3O3. The van der Waals surface area contributed by atoms with Gasteiger partial charge in [0.2, 0.25) is 0 Å². The van der Waals surface area contributed by atoms with Crippen molar-refractivity contribution in [2.24, 2.45) is 0 Å². The Labute approximate surface area is 109 Å². The van der Waals surface area contributed by atoms with Gasteiger partial charge in [-0.1, -0.05) is 20.8 Å². The molecule has 0 aromatic heterocycles. The molecule has 0 aromatic rings. The number of hydrogen-bond acceptors (Lipinski definition) is 3. The van der Waals surface area contributed by atoms with Gasteiger partial charge in [-0.25, -0.2) is 9.59 Å². The minimum atomic E-state index is -1.00. The molecule has 6 nitrogen and oxygen atoms in total. The monoisotopic (exact) mass is 259 g/mol. The Balaban J connectivity index is 3.74. The summed E-state index contributed by atoms with van der Waals surface area (Å²) >= 11 is 0. The number of nitrogens with zero attached hydrogens (tertiary/aromatic N) is 1. The van der Waals surface area contributed by atoms with Crippen molar-refractivity contribution in [3.8, 4) is 0 Å². The van der Waals surface area contributed by atoms with E-state index >= 15 is 0 Å². The molecule has 1 atom stereocenters. The Hall–Kier alpha value is -1.30. The molecule has 106 valence electrons. The lowest BCUT2D eigenvalue weighted by atomic mass is 10.2. The maximum atomic E-state index is 11.4. The summed E-state index contributed by atoms with van der Waals surface area (Å²) in [6.45, 7) is 9.41. The van der Waals surface area contributed by atoms with Crippen LogP contribution in [0.2, 0.25) is 0 Å². The first-order valence-corrected chi connectivity index (χ1v) is 6.54. The van der Waals surface area contributed by atoms with Gasteiger partial charge in [-0.05, 0) is 32.5 Å². The molecule has 0 saturated carbocycles. The average Bonchev–Trinajstić information content (AvgIpc) is 2.35. The van der Waals surface area contributed by atoms with Gasteiger partial charge >= 0.3 is 12.0 Å². The number of carbonyl (C=O) groups excluding carboxylic acids is 1. The van der Waals surface area contributed by atoms with Crippen LogP contribution in [-0.4, -0.2) is 54.2 Å². The second kappa shape index (κ2) is 9.70. The van der Waals surface area contributed by atoms with E-state index in [1.807, 2.05) is 0 Å². The van der Waals surface area contributed by atoms with Gasteiger partial charge in [0.25, 0.3) is 0 Å². The molecule has 3 N–H and O–H groups in total. The summed E-state index contributed by atoms with van der Waals surface area (Å²) in [6.07, 6.45) is 1.24. The molecule has 0 aliphatic carbocycles. The van der Waals surface area contributed by atoms with Gasteiger partial charge < -0.3 is 20.6 Å². The van der Waals surface area contributed by atoms with Gasteiger partial charge in [-0.15, -0.1) is 0 Å². The third-order valence-electron chi connectivity index (χ3n) is 2.84. The fraction of sp³-hybridized carbons (Fsp3) is 0.833.